The fourth-order valence-corrected chi connectivity index (χ4v) is 5.08. The van der Waals surface area contributed by atoms with Crippen LogP contribution in [0.3, 0.4) is 0 Å². The number of hydrogen-bond acceptors (Lipinski definition) is 2. The Labute approximate surface area is 229 Å². The average Bonchev–Trinajstić information content (AvgIpc) is 3.17. The molecule has 0 atom stereocenters. The van der Waals surface area contributed by atoms with Crippen LogP contribution < -0.4 is 5.32 Å². The van der Waals surface area contributed by atoms with E-state index >= 15 is 0 Å². The lowest BCUT2D eigenvalue weighted by Crippen LogP contribution is -2.22. The van der Waals surface area contributed by atoms with E-state index in [1.807, 2.05) is 66.7 Å². The molecule has 0 saturated carbocycles. The number of aryl methyl sites for hydroxylation is 1. The Kier molecular flexibility index (Phi) is 7.16. The summed E-state index contributed by atoms with van der Waals surface area (Å²) in [6.45, 7) is 5.26. The van der Waals surface area contributed by atoms with Crippen LogP contribution in [0.25, 0.3) is 22.0 Å². The normalized spacial score (nSPS) is 11.0. The Morgan fingerprint density at radius 3 is 2.39 bits per heavy atom. The minimum absolute atomic E-state index is 0.108. The number of aromatic carboxylic acids is 1. The summed E-state index contributed by atoms with van der Waals surface area (Å²) in [7, 11) is 0. The van der Waals surface area contributed by atoms with E-state index in [1.54, 1.807) is 18.2 Å². The molecule has 5 rings (SSSR count). The molecule has 0 aliphatic rings. The van der Waals surface area contributed by atoms with Gasteiger partial charge < -0.3 is 15.0 Å². The summed E-state index contributed by atoms with van der Waals surface area (Å²) in [5.41, 5.74) is 8.20. The van der Waals surface area contributed by atoms with Crippen LogP contribution in [-0.4, -0.2) is 21.6 Å². The highest BCUT2D eigenvalue weighted by Gasteiger charge is 2.16. The maximum Gasteiger partial charge on any atom is 0.335 e. The van der Waals surface area contributed by atoms with Crippen molar-refractivity contribution in [2.24, 2.45) is 0 Å². The van der Waals surface area contributed by atoms with Crippen molar-refractivity contribution in [2.45, 2.75) is 26.9 Å². The third-order valence-corrected chi connectivity index (χ3v) is 7.56. The Morgan fingerprint density at radius 2 is 1.63 bits per heavy atom. The number of carbonyl (C=O) groups is 2. The van der Waals surface area contributed by atoms with Crippen LogP contribution in [0, 0.1) is 13.8 Å². The smallest absolute Gasteiger partial charge is 0.335 e. The molecule has 1 amide bonds. The van der Waals surface area contributed by atoms with Gasteiger partial charge in [0.25, 0.3) is 5.91 Å². The molecule has 190 valence electrons. The third-order valence-electron chi connectivity index (χ3n) is 7.03. The van der Waals surface area contributed by atoms with Crippen molar-refractivity contribution in [1.29, 1.82) is 0 Å². The van der Waals surface area contributed by atoms with Gasteiger partial charge in [-0.2, -0.15) is 0 Å². The molecule has 0 aliphatic heterocycles. The molecule has 0 aliphatic carbocycles. The zero-order valence-electron chi connectivity index (χ0n) is 21.2. The van der Waals surface area contributed by atoms with Crippen molar-refractivity contribution in [1.82, 2.24) is 9.88 Å². The van der Waals surface area contributed by atoms with Gasteiger partial charge in [0.05, 0.1) is 5.56 Å². The maximum absolute atomic E-state index is 12.9. The van der Waals surface area contributed by atoms with E-state index in [0.717, 1.165) is 48.9 Å². The number of carbonyl (C=O) groups excluding carboxylic acids is 1. The monoisotopic (exact) mass is 566 g/mol. The average molecular weight is 567 g/mol. The summed E-state index contributed by atoms with van der Waals surface area (Å²) in [4.78, 5) is 24.5. The number of aromatic nitrogens is 1. The lowest BCUT2D eigenvalue weighted by molar-refractivity contribution is 0.0696. The standard InChI is InChI=1S/C32H27BrN2O3/c1-20-21(2)35(19-26-6-3-4-9-28(26)23-7-5-8-25(16-23)32(37)38)30-15-12-24(17-29(20)30)31(36)34-18-22-10-13-27(33)14-11-22/h3-17H,18-19H2,1-2H3,(H,34,36)(H,37,38). The Morgan fingerprint density at radius 1 is 0.868 bits per heavy atom. The number of hydrogen-bond donors (Lipinski definition) is 2. The van der Waals surface area contributed by atoms with E-state index in [2.05, 4.69) is 45.7 Å². The molecule has 0 bridgehead atoms. The highest BCUT2D eigenvalue weighted by atomic mass is 79.9. The van der Waals surface area contributed by atoms with Gasteiger partial charge in [-0.15, -0.1) is 0 Å². The summed E-state index contributed by atoms with van der Waals surface area (Å²) in [5, 5.41) is 13.5. The molecular weight excluding hydrogens is 540 g/mol. The first kappa shape index (κ1) is 25.5. The predicted octanol–water partition coefficient (Wildman–Crippen LogP) is 7.36. The second-order valence-corrected chi connectivity index (χ2v) is 10.3. The van der Waals surface area contributed by atoms with Crippen LogP contribution in [0.5, 0.6) is 0 Å². The van der Waals surface area contributed by atoms with Gasteiger partial charge in [0.15, 0.2) is 0 Å². The first-order valence-corrected chi connectivity index (χ1v) is 13.1. The fraction of sp³-hybridized carbons (Fsp3) is 0.125. The van der Waals surface area contributed by atoms with E-state index in [-0.39, 0.29) is 11.5 Å². The summed E-state index contributed by atoms with van der Waals surface area (Å²) in [6.07, 6.45) is 0. The number of carboxylic acid groups (broad SMARTS) is 1. The van der Waals surface area contributed by atoms with E-state index in [0.29, 0.717) is 18.7 Å². The van der Waals surface area contributed by atoms with E-state index in [9.17, 15) is 14.7 Å². The summed E-state index contributed by atoms with van der Waals surface area (Å²) in [6, 6.07) is 28.8. The van der Waals surface area contributed by atoms with E-state index in [1.165, 1.54) is 0 Å². The molecule has 6 heteroatoms. The zero-order chi connectivity index (χ0) is 26.8. The zero-order valence-corrected chi connectivity index (χ0v) is 22.7. The van der Waals surface area contributed by atoms with Crippen LogP contribution in [0.1, 0.15) is 43.1 Å². The number of nitrogens with zero attached hydrogens (tertiary/aromatic N) is 1. The number of benzene rings is 4. The van der Waals surface area contributed by atoms with Gasteiger partial charge in [0.2, 0.25) is 0 Å². The van der Waals surface area contributed by atoms with Crippen LogP contribution in [-0.2, 0) is 13.1 Å². The van der Waals surface area contributed by atoms with Crippen molar-refractivity contribution in [3.05, 3.63) is 129 Å². The molecule has 0 fully saturated rings. The van der Waals surface area contributed by atoms with Crippen molar-refractivity contribution in [2.75, 3.05) is 0 Å². The summed E-state index contributed by atoms with van der Waals surface area (Å²) in [5.74, 6) is -1.05. The molecule has 0 radical (unpaired) electrons. The Hall–Kier alpha value is -4.16. The molecule has 0 saturated heterocycles. The number of halogens is 1. The lowest BCUT2D eigenvalue weighted by atomic mass is 9.98. The third kappa shape index (κ3) is 5.13. The van der Waals surface area contributed by atoms with Crippen LogP contribution in [0.15, 0.2) is 95.5 Å². The van der Waals surface area contributed by atoms with E-state index < -0.39 is 5.97 Å². The van der Waals surface area contributed by atoms with Crippen LogP contribution >= 0.6 is 15.9 Å². The predicted molar refractivity (Wildman–Crippen MR) is 155 cm³/mol. The number of rotatable bonds is 7. The van der Waals surface area contributed by atoms with Crippen molar-refractivity contribution in [3.63, 3.8) is 0 Å². The molecule has 1 aromatic heterocycles. The minimum Gasteiger partial charge on any atom is -0.478 e. The van der Waals surface area contributed by atoms with Gasteiger partial charge in [-0.25, -0.2) is 4.79 Å². The van der Waals surface area contributed by atoms with Gasteiger partial charge in [-0.1, -0.05) is 64.5 Å². The number of fused-ring (bicyclic) bond motifs is 1. The molecule has 0 unspecified atom stereocenters. The molecule has 2 N–H and O–H groups in total. The fourth-order valence-electron chi connectivity index (χ4n) is 4.81. The molecule has 38 heavy (non-hydrogen) atoms. The number of nitrogens with one attached hydrogen (secondary N) is 1. The molecule has 5 aromatic rings. The molecule has 1 heterocycles. The number of carboxylic acids is 1. The summed E-state index contributed by atoms with van der Waals surface area (Å²) >= 11 is 3.43. The van der Waals surface area contributed by atoms with Gasteiger partial charge in [0.1, 0.15) is 0 Å². The Bertz CT molecular complexity index is 1670. The van der Waals surface area contributed by atoms with Gasteiger partial charge in [0, 0.05) is 39.7 Å². The maximum atomic E-state index is 12.9. The van der Waals surface area contributed by atoms with E-state index in [4.69, 9.17) is 0 Å². The minimum atomic E-state index is -0.941. The topological polar surface area (TPSA) is 71.3 Å². The lowest BCUT2D eigenvalue weighted by Gasteiger charge is -2.14. The molecule has 5 nitrogen and oxygen atoms in total. The molecular formula is C32H27BrN2O3. The largest absolute Gasteiger partial charge is 0.478 e. The molecule has 0 spiro atoms. The second kappa shape index (κ2) is 10.7. The molecule has 4 aromatic carbocycles. The SMILES string of the molecule is Cc1c(C)n(Cc2ccccc2-c2cccc(C(=O)O)c2)c2ccc(C(=O)NCc3ccc(Br)cc3)cc12. The highest BCUT2D eigenvalue weighted by Crippen LogP contribution is 2.30. The van der Waals surface area contributed by atoms with Crippen LogP contribution in [0.4, 0.5) is 0 Å². The van der Waals surface area contributed by atoms with Crippen molar-refractivity contribution < 1.29 is 14.7 Å². The second-order valence-electron chi connectivity index (χ2n) is 9.38. The number of amides is 1. The summed E-state index contributed by atoms with van der Waals surface area (Å²) < 4.78 is 3.26. The quantitative estimate of drug-likeness (QED) is 0.216. The highest BCUT2D eigenvalue weighted by molar-refractivity contribution is 9.10. The van der Waals surface area contributed by atoms with Crippen LogP contribution in [0.2, 0.25) is 0 Å². The van der Waals surface area contributed by atoms with Gasteiger partial charge in [-0.05, 0) is 84.1 Å². The van der Waals surface area contributed by atoms with Crippen molar-refractivity contribution >= 4 is 38.7 Å². The van der Waals surface area contributed by atoms with Crippen molar-refractivity contribution in [3.8, 4) is 11.1 Å². The van der Waals surface area contributed by atoms with Gasteiger partial charge >= 0.3 is 5.97 Å². The first-order chi connectivity index (χ1) is 18.3. The first-order valence-electron chi connectivity index (χ1n) is 12.4. The van der Waals surface area contributed by atoms with Gasteiger partial charge in [-0.3, -0.25) is 4.79 Å². The Balaban J connectivity index is 1.44.